The van der Waals surface area contributed by atoms with Gasteiger partial charge in [-0.1, -0.05) is 12.2 Å². The summed E-state index contributed by atoms with van der Waals surface area (Å²) >= 11 is 0. The van der Waals surface area contributed by atoms with Crippen LogP contribution in [0.25, 0.3) is 0 Å². The summed E-state index contributed by atoms with van der Waals surface area (Å²) < 4.78 is 0. The van der Waals surface area contributed by atoms with Crippen LogP contribution < -0.4 is 5.73 Å². The van der Waals surface area contributed by atoms with Gasteiger partial charge in [0.05, 0.1) is 5.92 Å². The van der Waals surface area contributed by atoms with E-state index in [1.807, 2.05) is 6.08 Å². The Morgan fingerprint density at radius 2 is 2.44 bits per heavy atom. The maximum Gasteiger partial charge on any atom is 0.308 e. The van der Waals surface area contributed by atoms with Gasteiger partial charge in [-0.05, 0) is 6.42 Å². The zero-order valence-corrected chi connectivity index (χ0v) is 4.95. The zero-order valence-electron chi connectivity index (χ0n) is 4.95. The predicted octanol–water partition coefficient (Wildman–Crippen LogP) is -0.0256. The smallest absolute Gasteiger partial charge is 0.308 e. The lowest BCUT2D eigenvalue weighted by molar-refractivity contribution is -0.141. The average Bonchev–Trinajstić information content (AvgIpc) is 2.13. The van der Waals surface area contributed by atoms with E-state index < -0.39 is 5.97 Å². The fourth-order valence-corrected chi connectivity index (χ4v) is 0.939. The molecule has 0 saturated heterocycles. The van der Waals surface area contributed by atoms with Crippen LogP contribution in [0.3, 0.4) is 0 Å². The Morgan fingerprint density at radius 3 is 2.67 bits per heavy atom. The predicted molar refractivity (Wildman–Crippen MR) is 32.9 cm³/mol. The van der Waals surface area contributed by atoms with E-state index in [0.717, 1.165) is 0 Å². The molecule has 1 aliphatic rings. The molecule has 1 aliphatic carbocycles. The summed E-state index contributed by atoms with van der Waals surface area (Å²) in [6, 6.07) is -0.275. The Bertz CT molecular complexity index is 153. The first-order chi connectivity index (χ1) is 4.22. The van der Waals surface area contributed by atoms with Crippen molar-refractivity contribution in [1.29, 1.82) is 0 Å². The van der Waals surface area contributed by atoms with E-state index in [4.69, 9.17) is 10.8 Å². The molecule has 0 bridgehead atoms. The van der Waals surface area contributed by atoms with Gasteiger partial charge in [-0.25, -0.2) is 0 Å². The van der Waals surface area contributed by atoms with Crippen LogP contribution >= 0.6 is 0 Å². The first-order valence-corrected chi connectivity index (χ1v) is 2.87. The Kier molecular flexibility index (Phi) is 1.53. The third-order valence-corrected chi connectivity index (χ3v) is 1.53. The minimum atomic E-state index is -0.799. The van der Waals surface area contributed by atoms with Gasteiger partial charge in [-0.3, -0.25) is 4.79 Å². The molecule has 0 aliphatic heterocycles. The molecule has 3 nitrogen and oxygen atoms in total. The van der Waals surface area contributed by atoms with E-state index in [1.54, 1.807) is 6.08 Å². The van der Waals surface area contributed by atoms with Crippen LogP contribution in [0.1, 0.15) is 6.42 Å². The molecular formula is C6H9NO2. The molecule has 0 radical (unpaired) electrons. The maximum absolute atomic E-state index is 10.3. The summed E-state index contributed by atoms with van der Waals surface area (Å²) in [6.07, 6.45) is 4.12. The van der Waals surface area contributed by atoms with Gasteiger partial charge in [0.1, 0.15) is 0 Å². The highest BCUT2D eigenvalue weighted by Crippen LogP contribution is 2.16. The van der Waals surface area contributed by atoms with Crippen LogP contribution in [0.2, 0.25) is 0 Å². The molecule has 0 heterocycles. The van der Waals surface area contributed by atoms with Crippen molar-refractivity contribution in [1.82, 2.24) is 0 Å². The van der Waals surface area contributed by atoms with E-state index >= 15 is 0 Å². The molecule has 0 aromatic carbocycles. The van der Waals surface area contributed by atoms with E-state index in [2.05, 4.69) is 0 Å². The monoisotopic (exact) mass is 127 g/mol. The summed E-state index contributed by atoms with van der Waals surface area (Å²) in [6.45, 7) is 0. The van der Waals surface area contributed by atoms with Gasteiger partial charge in [-0.15, -0.1) is 0 Å². The average molecular weight is 127 g/mol. The lowest BCUT2D eigenvalue weighted by atomic mass is 10.0. The minimum Gasteiger partial charge on any atom is -0.481 e. The topological polar surface area (TPSA) is 63.3 Å². The third-order valence-electron chi connectivity index (χ3n) is 1.53. The Hall–Kier alpha value is -0.830. The number of allylic oxidation sites excluding steroid dienone is 1. The SMILES string of the molecule is N[C@@H]1C=CC[C@H]1C(=O)O. The molecule has 0 fully saturated rings. The minimum absolute atomic E-state index is 0.275. The number of hydrogen-bond donors (Lipinski definition) is 2. The van der Waals surface area contributed by atoms with Crippen LogP contribution in [0, 0.1) is 5.92 Å². The number of carboxylic acid groups (broad SMARTS) is 1. The number of carbonyl (C=O) groups is 1. The van der Waals surface area contributed by atoms with Crippen molar-refractivity contribution in [2.45, 2.75) is 12.5 Å². The fraction of sp³-hybridized carbons (Fsp3) is 0.500. The van der Waals surface area contributed by atoms with E-state index in [1.165, 1.54) is 0 Å². The van der Waals surface area contributed by atoms with Crippen molar-refractivity contribution in [3.8, 4) is 0 Å². The molecule has 3 N–H and O–H groups in total. The van der Waals surface area contributed by atoms with E-state index in [-0.39, 0.29) is 12.0 Å². The highest BCUT2D eigenvalue weighted by atomic mass is 16.4. The largest absolute Gasteiger partial charge is 0.481 e. The second-order valence-electron chi connectivity index (χ2n) is 2.19. The maximum atomic E-state index is 10.3. The molecular weight excluding hydrogens is 118 g/mol. The highest BCUT2D eigenvalue weighted by molar-refractivity contribution is 5.72. The highest BCUT2D eigenvalue weighted by Gasteiger charge is 2.25. The number of aliphatic carboxylic acids is 1. The van der Waals surface area contributed by atoms with Crippen molar-refractivity contribution in [2.24, 2.45) is 11.7 Å². The van der Waals surface area contributed by atoms with Crippen molar-refractivity contribution in [3.05, 3.63) is 12.2 Å². The first kappa shape index (κ1) is 6.29. The molecule has 9 heavy (non-hydrogen) atoms. The molecule has 3 heteroatoms. The molecule has 2 atom stereocenters. The number of hydrogen-bond acceptors (Lipinski definition) is 2. The normalized spacial score (nSPS) is 33.0. The number of rotatable bonds is 1. The van der Waals surface area contributed by atoms with Gasteiger partial charge in [-0.2, -0.15) is 0 Å². The summed E-state index contributed by atoms with van der Waals surface area (Å²) in [5.74, 6) is -1.18. The van der Waals surface area contributed by atoms with Gasteiger partial charge < -0.3 is 10.8 Å². The van der Waals surface area contributed by atoms with Gasteiger partial charge in [0.2, 0.25) is 0 Å². The standard InChI is InChI=1S/C6H9NO2/c7-5-3-1-2-4(5)6(8)9/h1,3-5H,2,7H2,(H,8,9)/t4-,5-/m1/s1. The molecule has 0 unspecified atom stereocenters. The van der Waals surface area contributed by atoms with Gasteiger partial charge in [0, 0.05) is 6.04 Å². The first-order valence-electron chi connectivity index (χ1n) is 2.87. The Balaban J connectivity index is 2.55. The molecule has 0 amide bonds. The van der Waals surface area contributed by atoms with Crippen molar-refractivity contribution < 1.29 is 9.90 Å². The zero-order chi connectivity index (χ0) is 6.85. The van der Waals surface area contributed by atoms with Crippen LogP contribution in [0.4, 0.5) is 0 Å². The molecule has 50 valence electrons. The summed E-state index contributed by atoms with van der Waals surface area (Å²) in [4.78, 5) is 10.3. The van der Waals surface area contributed by atoms with Gasteiger partial charge in [0.25, 0.3) is 0 Å². The quantitative estimate of drug-likeness (QED) is 0.486. The van der Waals surface area contributed by atoms with E-state index in [9.17, 15) is 4.79 Å². The van der Waals surface area contributed by atoms with Crippen molar-refractivity contribution in [3.63, 3.8) is 0 Å². The van der Waals surface area contributed by atoms with E-state index in [0.29, 0.717) is 6.42 Å². The number of carboxylic acids is 1. The number of nitrogens with two attached hydrogens (primary N) is 1. The molecule has 0 aromatic heterocycles. The summed E-state index contributed by atoms with van der Waals surface area (Å²) in [7, 11) is 0. The molecule has 0 spiro atoms. The summed E-state index contributed by atoms with van der Waals surface area (Å²) in [5.41, 5.74) is 5.41. The van der Waals surface area contributed by atoms with Crippen LogP contribution in [0.5, 0.6) is 0 Å². The molecule has 1 rings (SSSR count). The van der Waals surface area contributed by atoms with Gasteiger partial charge in [0.15, 0.2) is 0 Å². The Labute approximate surface area is 53.2 Å². The summed E-state index contributed by atoms with van der Waals surface area (Å²) in [5, 5.41) is 8.46. The van der Waals surface area contributed by atoms with Crippen molar-refractivity contribution >= 4 is 5.97 Å². The third kappa shape index (κ3) is 1.10. The lowest BCUT2D eigenvalue weighted by Crippen LogP contribution is -2.30. The van der Waals surface area contributed by atoms with Crippen LogP contribution in [-0.4, -0.2) is 17.1 Å². The second kappa shape index (κ2) is 2.19. The lowest BCUT2D eigenvalue weighted by Gasteiger charge is -2.07. The second-order valence-corrected chi connectivity index (χ2v) is 2.19. The van der Waals surface area contributed by atoms with Crippen LogP contribution in [-0.2, 0) is 4.79 Å². The molecule has 0 saturated carbocycles. The Morgan fingerprint density at radius 1 is 1.78 bits per heavy atom. The fourth-order valence-electron chi connectivity index (χ4n) is 0.939. The van der Waals surface area contributed by atoms with Crippen molar-refractivity contribution in [2.75, 3.05) is 0 Å². The van der Waals surface area contributed by atoms with Crippen LogP contribution in [0.15, 0.2) is 12.2 Å². The molecule has 0 aromatic rings. The van der Waals surface area contributed by atoms with Gasteiger partial charge >= 0.3 is 5.97 Å².